The number of ketones is 1. The Morgan fingerprint density at radius 2 is 1.79 bits per heavy atom. The second-order valence-electron chi connectivity index (χ2n) is 9.64. The van der Waals surface area contributed by atoms with Crippen LogP contribution in [0.15, 0.2) is 12.7 Å². The monoisotopic (exact) mass is 336 g/mol. The molecule has 4 nitrogen and oxygen atoms in total. The highest BCUT2D eigenvalue weighted by molar-refractivity contribution is 5.85. The molecule has 136 valence electrons. The van der Waals surface area contributed by atoms with E-state index >= 15 is 0 Å². The Hall–Kier alpha value is -0.710. The molecule has 3 fully saturated rings. The Morgan fingerprint density at radius 1 is 1.17 bits per heavy atom. The molecule has 1 aliphatic heterocycles. The zero-order valence-corrected chi connectivity index (χ0v) is 15.6. The van der Waals surface area contributed by atoms with Gasteiger partial charge in [0.15, 0.2) is 0 Å². The number of Topliss-reactive ketones (excluding diaryl/α,β-unsaturated/α-hetero) is 1. The molecule has 0 unspecified atom stereocenters. The van der Waals surface area contributed by atoms with Crippen LogP contribution in [0.4, 0.5) is 0 Å². The second-order valence-corrected chi connectivity index (χ2v) is 9.64. The van der Waals surface area contributed by atoms with Crippen LogP contribution in [0.1, 0.15) is 60.3 Å². The molecular weight excluding hydrogens is 304 g/mol. The van der Waals surface area contributed by atoms with E-state index in [1.54, 1.807) is 13.0 Å². The van der Waals surface area contributed by atoms with E-state index in [-0.39, 0.29) is 29.0 Å². The normalized spacial score (nSPS) is 53.9. The summed E-state index contributed by atoms with van der Waals surface area (Å²) in [7, 11) is 0. The number of hydrogen-bond donors (Lipinski definition) is 2. The van der Waals surface area contributed by atoms with Crippen LogP contribution in [0, 0.1) is 22.7 Å². The van der Waals surface area contributed by atoms with Gasteiger partial charge in [-0.05, 0) is 43.4 Å². The van der Waals surface area contributed by atoms with E-state index in [1.165, 1.54) is 0 Å². The Morgan fingerprint density at radius 3 is 2.38 bits per heavy atom. The highest BCUT2D eigenvalue weighted by Crippen LogP contribution is 2.64. The molecule has 2 saturated carbocycles. The Bertz CT molecular complexity index is 570. The Labute approximate surface area is 145 Å². The molecule has 0 aromatic rings. The fraction of sp³-hybridized carbons (Fsp3) is 0.850. The predicted molar refractivity (Wildman–Crippen MR) is 92.4 cm³/mol. The van der Waals surface area contributed by atoms with Gasteiger partial charge in [0.25, 0.3) is 0 Å². The molecule has 2 N–H and O–H groups in total. The highest BCUT2D eigenvalue weighted by Gasteiger charge is 2.70. The predicted octanol–water partition coefficient (Wildman–Crippen LogP) is 2.86. The van der Waals surface area contributed by atoms with Gasteiger partial charge in [-0.3, -0.25) is 4.79 Å². The standard InChI is InChI=1S/C20H32O4/c1-7-18(4)11-12(21)14-19(5)10-8-9-17(2,3)15(19)13(22)16(23)20(14,6)24-18/h7,13-16,22-23H,1,8-11H2,2-6H3/t13-,14+,15-,16-,18-,19+,20-/m0/s1. The first-order valence-corrected chi connectivity index (χ1v) is 9.14. The third-order valence-electron chi connectivity index (χ3n) is 7.31. The van der Waals surface area contributed by atoms with Gasteiger partial charge in [0.05, 0.1) is 17.6 Å². The van der Waals surface area contributed by atoms with Crippen LogP contribution in [0.25, 0.3) is 0 Å². The van der Waals surface area contributed by atoms with Crippen molar-refractivity contribution in [2.24, 2.45) is 22.7 Å². The minimum atomic E-state index is -1.09. The number of fused-ring (bicyclic) bond motifs is 3. The van der Waals surface area contributed by atoms with Crippen LogP contribution in [0.5, 0.6) is 0 Å². The maximum absolute atomic E-state index is 13.2. The van der Waals surface area contributed by atoms with E-state index in [9.17, 15) is 15.0 Å². The molecule has 4 heteroatoms. The zero-order chi connectivity index (χ0) is 18.1. The largest absolute Gasteiger partial charge is 0.390 e. The summed E-state index contributed by atoms with van der Waals surface area (Å²) < 4.78 is 6.30. The number of aliphatic hydroxyl groups is 2. The molecule has 0 bridgehead atoms. The Balaban J connectivity index is 2.15. The highest BCUT2D eigenvalue weighted by atomic mass is 16.5. The fourth-order valence-corrected chi connectivity index (χ4v) is 6.56. The summed E-state index contributed by atoms with van der Waals surface area (Å²) >= 11 is 0. The van der Waals surface area contributed by atoms with E-state index in [0.717, 1.165) is 19.3 Å². The van der Waals surface area contributed by atoms with E-state index in [1.807, 2.05) is 6.92 Å². The molecule has 3 aliphatic rings. The van der Waals surface area contributed by atoms with Crippen molar-refractivity contribution in [1.82, 2.24) is 0 Å². The third kappa shape index (κ3) is 2.19. The molecule has 0 aromatic carbocycles. The van der Waals surface area contributed by atoms with Crippen molar-refractivity contribution in [1.29, 1.82) is 0 Å². The number of carbonyl (C=O) groups excluding carboxylic acids is 1. The summed E-state index contributed by atoms with van der Waals surface area (Å²) in [4.78, 5) is 13.2. The minimum absolute atomic E-state index is 0.117. The van der Waals surface area contributed by atoms with Gasteiger partial charge in [-0.25, -0.2) is 0 Å². The molecule has 7 atom stereocenters. The molecule has 1 heterocycles. The number of aliphatic hydroxyl groups excluding tert-OH is 2. The van der Waals surface area contributed by atoms with Crippen molar-refractivity contribution >= 4 is 5.78 Å². The molecule has 24 heavy (non-hydrogen) atoms. The van der Waals surface area contributed by atoms with Gasteiger partial charge in [0.1, 0.15) is 17.5 Å². The van der Waals surface area contributed by atoms with Crippen LogP contribution in [0.2, 0.25) is 0 Å². The van der Waals surface area contributed by atoms with Crippen LogP contribution in [-0.2, 0) is 9.53 Å². The van der Waals surface area contributed by atoms with Crippen molar-refractivity contribution in [2.45, 2.75) is 83.7 Å². The van der Waals surface area contributed by atoms with Crippen LogP contribution in [-0.4, -0.2) is 39.4 Å². The van der Waals surface area contributed by atoms with Crippen molar-refractivity contribution in [3.8, 4) is 0 Å². The van der Waals surface area contributed by atoms with Gasteiger partial charge in [0.2, 0.25) is 0 Å². The van der Waals surface area contributed by atoms with E-state index < -0.39 is 29.3 Å². The summed E-state index contributed by atoms with van der Waals surface area (Å²) in [6.45, 7) is 13.9. The van der Waals surface area contributed by atoms with Gasteiger partial charge in [-0.1, -0.05) is 33.3 Å². The van der Waals surface area contributed by atoms with Crippen molar-refractivity contribution in [3.05, 3.63) is 12.7 Å². The molecule has 1 saturated heterocycles. The van der Waals surface area contributed by atoms with Gasteiger partial charge in [-0.15, -0.1) is 6.58 Å². The molecule has 0 aromatic heterocycles. The van der Waals surface area contributed by atoms with Gasteiger partial charge >= 0.3 is 0 Å². The maximum atomic E-state index is 13.2. The lowest BCUT2D eigenvalue weighted by Gasteiger charge is -2.66. The SMILES string of the molecule is C=C[C@@]1(C)CC(=O)[C@@H]2[C@@]3(C)CCCC(C)(C)[C@@H]3[C@H](O)[C@H](O)[C@@]2(C)O1. The van der Waals surface area contributed by atoms with E-state index in [2.05, 4.69) is 27.4 Å². The first kappa shape index (κ1) is 18.1. The first-order chi connectivity index (χ1) is 10.9. The molecule has 2 aliphatic carbocycles. The number of hydrogen-bond acceptors (Lipinski definition) is 4. The topological polar surface area (TPSA) is 66.8 Å². The van der Waals surface area contributed by atoms with Crippen molar-refractivity contribution < 1.29 is 19.7 Å². The van der Waals surface area contributed by atoms with Crippen LogP contribution < -0.4 is 0 Å². The van der Waals surface area contributed by atoms with Crippen LogP contribution in [0.3, 0.4) is 0 Å². The zero-order valence-electron chi connectivity index (χ0n) is 15.6. The smallest absolute Gasteiger partial charge is 0.142 e. The number of ether oxygens (including phenoxy) is 1. The summed E-state index contributed by atoms with van der Waals surface area (Å²) in [5.74, 6) is -0.393. The number of rotatable bonds is 1. The first-order valence-electron chi connectivity index (χ1n) is 9.14. The van der Waals surface area contributed by atoms with Gasteiger partial charge < -0.3 is 14.9 Å². The van der Waals surface area contributed by atoms with Gasteiger partial charge in [0, 0.05) is 6.42 Å². The summed E-state index contributed by atoms with van der Waals surface area (Å²) in [5, 5.41) is 22.0. The molecule has 3 rings (SSSR count). The van der Waals surface area contributed by atoms with E-state index in [0.29, 0.717) is 0 Å². The second kappa shape index (κ2) is 5.15. The minimum Gasteiger partial charge on any atom is -0.390 e. The van der Waals surface area contributed by atoms with Crippen molar-refractivity contribution in [2.75, 3.05) is 0 Å². The van der Waals surface area contributed by atoms with Crippen molar-refractivity contribution in [3.63, 3.8) is 0 Å². The summed E-state index contributed by atoms with van der Waals surface area (Å²) in [6.07, 6.45) is 2.85. The summed E-state index contributed by atoms with van der Waals surface area (Å²) in [5.41, 5.74) is -2.37. The molecule has 0 radical (unpaired) electrons. The number of carbonyl (C=O) groups is 1. The molecule has 0 spiro atoms. The lowest BCUT2D eigenvalue weighted by Crippen LogP contribution is -2.75. The average molecular weight is 336 g/mol. The maximum Gasteiger partial charge on any atom is 0.142 e. The lowest BCUT2D eigenvalue weighted by molar-refractivity contribution is -0.304. The quantitative estimate of drug-likeness (QED) is 0.723. The molecular formula is C20H32O4. The van der Waals surface area contributed by atoms with E-state index in [4.69, 9.17) is 4.74 Å². The Kier molecular flexibility index (Phi) is 3.88. The fourth-order valence-electron chi connectivity index (χ4n) is 6.56. The summed E-state index contributed by atoms with van der Waals surface area (Å²) in [6, 6.07) is 0. The third-order valence-corrected chi connectivity index (χ3v) is 7.31. The van der Waals surface area contributed by atoms with Crippen LogP contribution >= 0.6 is 0 Å². The average Bonchev–Trinajstić information content (AvgIpc) is 2.42. The lowest BCUT2D eigenvalue weighted by atomic mass is 9.42. The van der Waals surface area contributed by atoms with Gasteiger partial charge in [-0.2, -0.15) is 0 Å². The molecule has 0 amide bonds.